The van der Waals surface area contributed by atoms with Gasteiger partial charge in [-0.05, 0) is 31.0 Å². The van der Waals surface area contributed by atoms with Gasteiger partial charge in [0.2, 0.25) is 6.29 Å². The maximum atomic E-state index is 11.1. The van der Waals surface area contributed by atoms with Crippen molar-refractivity contribution in [2.45, 2.75) is 50.5 Å². The summed E-state index contributed by atoms with van der Waals surface area (Å²) in [5, 5.41) is 38.8. The van der Waals surface area contributed by atoms with Gasteiger partial charge in [0, 0.05) is 6.42 Å². The van der Waals surface area contributed by atoms with Crippen LogP contribution < -0.4 is 9.47 Å². The predicted molar refractivity (Wildman–Crippen MR) is 86.4 cm³/mol. The van der Waals surface area contributed by atoms with E-state index < -0.39 is 37.3 Å². The van der Waals surface area contributed by atoms with E-state index in [4.69, 9.17) is 14.2 Å². The molecule has 4 N–H and O–H groups in total. The molecule has 0 saturated carbocycles. The Hall–Kier alpha value is -1.71. The highest BCUT2D eigenvalue weighted by molar-refractivity contribution is 5.75. The zero-order chi connectivity index (χ0) is 18.6. The molecule has 1 aliphatic heterocycles. The molecule has 1 aliphatic rings. The lowest BCUT2D eigenvalue weighted by atomic mass is 9.99. The molecule has 1 heterocycles. The molecule has 0 radical (unpaired) electrons. The number of carbonyl (C=O) groups is 1. The molecule has 0 bridgehead atoms. The lowest BCUT2D eigenvalue weighted by Crippen LogP contribution is -2.60. The molecule has 0 unspecified atom stereocenters. The van der Waals surface area contributed by atoms with Gasteiger partial charge in [0.15, 0.2) is 11.5 Å². The molecule has 0 aliphatic carbocycles. The van der Waals surface area contributed by atoms with Crippen molar-refractivity contribution in [3.05, 3.63) is 23.8 Å². The fraction of sp³-hybridized carbons (Fsp3) is 0.588. The van der Waals surface area contributed by atoms with Crippen LogP contribution in [0, 0.1) is 0 Å². The molecular formula is C17H24O8. The summed E-state index contributed by atoms with van der Waals surface area (Å²) in [6.45, 7) is 0.986. The molecule has 5 atom stereocenters. The largest absolute Gasteiger partial charge is 0.493 e. The highest BCUT2D eigenvalue weighted by Crippen LogP contribution is 2.32. The van der Waals surface area contributed by atoms with Crippen molar-refractivity contribution in [3.63, 3.8) is 0 Å². The van der Waals surface area contributed by atoms with Crippen molar-refractivity contribution in [2.24, 2.45) is 0 Å². The number of rotatable bonds is 7. The van der Waals surface area contributed by atoms with Crippen molar-refractivity contribution in [3.8, 4) is 11.5 Å². The maximum Gasteiger partial charge on any atom is 0.229 e. The summed E-state index contributed by atoms with van der Waals surface area (Å²) in [5.41, 5.74) is 0.883. The summed E-state index contributed by atoms with van der Waals surface area (Å²) in [4.78, 5) is 11.1. The molecule has 0 spiro atoms. The zero-order valence-corrected chi connectivity index (χ0v) is 14.2. The van der Waals surface area contributed by atoms with E-state index in [-0.39, 0.29) is 11.5 Å². The van der Waals surface area contributed by atoms with Crippen LogP contribution in [-0.4, -0.2) is 70.6 Å². The predicted octanol–water partition coefficient (Wildman–Crippen LogP) is -0.605. The topological polar surface area (TPSA) is 126 Å². The summed E-state index contributed by atoms with van der Waals surface area (Å²) in [6, 6.07) is 5.07. The average Bonchev–Trinajstić information content (AvgIpc) is 2.60. The molecule has 8 heteroatoms. The van der Waals surface area contributed by atoms with Crippen LogP contribution in [0.3, 0.4) is 0 Å². The van der Waals surface area contributed by atoms with E-state index in [9.17, 15) is 25.2 Å². The Kier molecular flexibility index (Phi) is 6.74. The van der Waals surface area contributed by atoms with Gasteiger partial charge in [-0.25, -0.2) is 0 Å². The third-order valence-corrected chi connectivity index (χ3v) is 4.09. The van der Waals surface area contributed by atoms with E-state index >= 15 is 0 Å². The Labute approximate surface area is 145 Å². The summed E-state index contributed by atoms with van der Waals surface area (Å²) in [7, 11) is 1.45. The van der Waals surface area contributed by atoms with E-state index in [0.717, 1.165) is 5.56 Å². The Morgan fingerprint density at radius 2 is 1.88 bits per heavy atom. The second-order valence-electron chi connectivity index (χ2n) is 6.00. The number of Topliss-reactive ketones (excluding diaryl/α,β-unsaturated/α-hetero) is 1. The van der Waals surface area contributed by atoms with Gasteiger partial charge in [0.25, 0.3) is 0 Å². The third-order valence-electron chi connectivity index (χ3n) is 4.09. The number of methoxy groups -OCH3 is 1. The number of ether oxygens (including phenoxy) is 3. The van der Waals surface area contributed by atoms with Gasteiger partial charge in [0.1, 0.15) is 30.2 Å². The molecule has 1 fully saturated rings. The first-order chi connectivity index (χ1) is 11.9. The van der Waals surface area contributed by atoms with Crippen LogP contribution in [0.2, 0.25) is 0 Å². The number of ketones is 1. The van der Waals surface area contributed by atoms with Crippen molar-refractivity contribution >= 4 is 5.78 Å². The molecule has 25 heavy (non-hydrogen) atoms. The van der Waals surface area contributed by atoms with Crippen molar-refractivity contribution in [2.75, 3.05) is 13.7 Å². The normalized spacial score (nSPS) is 29.3. The van der Waals surface area contributed by atoms with E-state index in [2.05, 4.69) is 0 Å². The SMILES string of the molecule is COc1cc(CCC(C)=O)ccc1O[C@@H]1O[C@H](CO)[C@@H](O)[C@@H](O)[C@H]1O. The molecule has 2 rings (SSSR count). The Morgan fingerprint density at radius 3 is 2.48 bits per heavy atom. The minimum absolute atomic E-state index is 0.0839. The van der Waals surface area contributed by atoms with Gasteiger partial charge in [-0.15, -0.1) is 0 Å². The minimum atomic E-state index is -1.52. The van der Waals surface area contributed by atoms with E-state index in [1.165, 1.54) is 14.0 Å². The number of carbonyl (C=O) groups excluding carboxylic acids is 1. The third kappa shape index (κ3) is 4.68. The molecule has 0 amide bonds. The van der Waals surface area contributed by atoms with Gasteiger partial charge < -0.3 is 39.4 Å². The smallest absolute Gasteiger partial charge is 0.229 e. The number of aliphatic hydroxyl groups excluding tert-OH is 4. The van der Waals surface area contributed by atoms with Gasteiger partial charge >= 0.3 is 0 Å². The Balaban J connectivity index is 2.14. The van der Waals surface area contributed by atoms with Gasteiger partial charge in [-0.1, -0.05) is 6.07 Å². The second kappa shape index (κ2) is 8.59. The quantitative estimate of drug-likeness (QED) is 0.510. The van der Waals surface area contributed by atoms with Gasteiger partial charge in [-0.3, -0.25) is 0 Å². The molecular weight excluding hydrogens is 332 g/mol. The van der Waals surface area contributed by atoms with Crippen LogP contribution in [0.1, 0.15) is 18.9 Å². The van der Waals surface area contributed by atoms with Crippen LogP contribution in [0.25, 0.3) is 0 Å². The number of aliphatic hydroxyl groups is 4. The first kappa shape index (κ1) is 19.6. The molecule has 1 aromatic rings. The van der Waals surface area contributed by atoms with Crippen molar-refractivity contribution in [1.82, 2.24) is 0 Å². The van der Waals surface area contributed by atoms with Crippen LogP contribution in [0.15, 0.2) is 18.2 Å². The molecule has 8 nitrogen and oxygen atoms in total. The van der Waals surface area contributed by atoms with Crippen molar-refractivity contribution < 1.29 is 39.4 Å². The molecule has 0 aromatic heterocycles. The number of aryl methyl sites for hydroxylation is 1. The van der Waals surface area contributed by atoms with Crippen LogP contribution in [0.5, 0.6) is 11.5 Å². The number of benzene rings is 1. The van der Waals surface area contributed by atoms with E-state index in [1.54, 1.807) is 18.2 Å². The monoisotopic (exact) mass is 356 g/mol. The standard InChI is InChI=1S/C17H24O8/c1-9(19)3-4-10-5-6-11(12(7-10)23-2)24-17-16(22)15(21)14(20)13(8-18)25-17/h5-7,13-18,20-22H,3-4,8H2,1-2H3/t13-,14-,15-,16-,17-/m1/s1. The lowest BCUT2D eigenvalue weighted by molar-refractivity contribution is -0.277. The highest BCUT2D eigenvalue weighted by Gasteiger charge is 2.44. The first-order valence-corrected chi connectivity index (χ1v) is 8.01. The van der Waals surface area contributed by atoms with Crippen molar-refractivity contribution in [1.29, 1.82) is 0 Å². The first-order valence-electron chi connectivity index (χ1n) is 8.01. The van der Waals surface area contributed by atoms with Gasteiger partial charge in [-0.2, -0.15) is 0 Å². The molecule has 1 aromatic carbocycles. The Morgan fingerprint density at radius 1 is 1.16 bits per heavy atom. The van der Waals surface area contributed by atoms with Gasteiger partial charge in [0.05, 0.1) is 13.7 Å². The number of hydrogen-bond acceptors (Lipinski definition) is 8. The summed E-state index contributed by atoms with van der Waals surface area (Å²) >= 11 is 0. The molecule has 140 valence electrons. The van der Waals surface area contributed by atoms with Crippen LogP contribution in [0.4, 0.5) is 0 Å². The van der Waals surface area contributed by atoms with Crippen LogP contribution >= 0.6 is 0 Å². The van der Waals surface area contributed by atoms with Crippen LogP contribution in [-0.2, 0) is 16.0 Å². The second-order valence-corrected chi connectivity index (χ2v) is 6.00. The fourth-order valence-corrected chi connectivity index (χ4v) is 2.58. The summed E-state index contributed by atoms with van der Waals surface area (Å²) in [6.07, 6.45) is -5.83. The van der Waals surface area contributed by atoms with E-state index in [1.807, 2.05) is 0 Å². The molecule has 1 saturated heterocycles. The highest BCUT2D eigenvalue weighted by atomic mass is 16.7. The van der Waals surface area contributed by atoms with E-state index in [0.29, 0.717) is 18.6 Å². The fourth-order valence-electron chi connectivity index (χ4n) is 2.58. The number of hydrogen-bond donors (Lipinski definition) is 4. The minimum Gasteiger partial charge on any atom is -0.493 e. The maximum absolute atomic E-state index is 11.1. The average molecular weight is 356 g/mol. The summed E-state index contributed by atoms with van der Waals surface area (Å²) in [5.74, 6) is 0.719. The lowest BCUT2D eigenvalue weighted by Gasteiger charge is -2.39. The zero-order valence-electron chi connectivity index (χ0n) is 14.2. The summed E-state index contributed by atoms with van der Waals surface area (Å²) < 4.78 is 16.1. The Bertz CT molecular complexity index is 588.